The number of nitrogens with zero attached hydrogens (tertiary/aromatic N) is 2. The van der Waals surface area contributed by atoms with Crippen LogP contribution in [0.25, 0.3) is 0 Å². The lowest BCUT2D eigenvalue weighted by Gasteiger charge is -2.25. The number of alkyl halides is 3. The second-order valence-electron chi connectivity index (χ2n) is 5.33. The summed E-state index contributed by atoms with van der Waals surface area (Å²) in [6, 6.07) is 0. The fraction of sp³-hybridized carbons (Fsp3) is 0.923. The Labute approximate surface area is 142 Å². The summed E-state index contributed by atoms with van der Waals surface area (Å²) in [5.41, 5.74) is 5.36. The SMILES string of the molecule is CCN(CC1CCN(C(=O)CCCN)C1)CC(F)(F)F.Cl.Cl. The van der Waals surface area contributed by atoms with Crippen LogP contribution in [0.15, 0.2) is 0 Å². The number of hydrogen-bond acceptors (Lipinski definition) is 3. The first-order chi connectivity index (χ1) is 9.35. The van der Waals surface area contributed by atoms with Gasteiger partial charge in [0.05, 0.1) is 6.54 Å². The summed E-state index contributed by atoms with van der Waals surface area (Å²) in [4.78, 5) is 15.0. The van der Waals surface area contributed by atoms with Crippen molar-refractivity contribution in [3.63, 3.8) is 0 Å². The van der Waals surface area contributed by atoms with Crippen LogP contribution >= 0.6 is 24.8 Å². The monoisotopic (exact) mass is 367 g/mol. The zero-order chi connectivity index (χ0) is 15.2. The molecule has 1 saturated heterocycles. The smallest absolute Gasteiger partial charge is 0.342 e. The predicted octanol–water partition coefficient (Wildman–Crippen LogP) is 2.30. The maximum absolute atomic E-state index is 12.4. The van der Waals surface area contributed by atoms with Crippen LogP contribution in [0, 0.1) is 5.92 Å². The Morgan fingerprint density at radius 1 is 1.36 bits per heavy atom. The van der Waals surface area contributed by atoms with E-state index >= 15 is 0 Å². The van der Waals surface area contributed by atoms with Gasteiger partial charge in [-0.3, -0.25) is 9.69 Å². The standard InChI is InChI=1S/C13H24F3N3O.2ClH/c1-2-18(10-13(14,15)16)8-11-5-7-19(9-11)12(20)4-3-6-17;;/h11H,2-10,17H2,1H3;2*1H. The molecule has 0 radical (unpaired) electrons. The number of rotatable bonds is 7. The number of amides is 1. The molecule has 0 bridgehead atoms. The average molecular weight is 368 g/mol. The van der Waals surface area contributed by atoms with E-state index in [0.717, 1.165) is 6.42 Å². The van der Waals surface area contributed by atoms with Crippen LogP contribution in [-0.4, -0.2) is 61.2 Å². The molecule has 22 heavy (non-hydrogen) atoms. The highest BCUT2D eigenvalue weighted by molar-refractivity contribution is 5.85. The zero-order valence-electron chi connectivity index (χ0n) is 12.8. The number of likely N-dealkylation sites (tertiary alicyclic amines) is 1. The fourth-order valence-electron chi connectivity index (χ4n) is 2.54. The van der Waals surface area contributed by atoms with E-state index in [4.69, 9.17) is 5.73 Å². The van der Waals surface area contributed by atoms with Crippen molar-refractivity contribution in [1.29, 1.82) is 0 Å². The summed E-state index contributed by atoms with van der Waals surface area (Å²) in [5, 5.41) is 0. The van der Waals surface area contributed by atoms with Gasteiger partial charge in [0, 0.05) is 26.1 Å². The van der Waals surface area contributed by atoms with E-state index in [0.29, 0.717) is 45.6 Å². The third-order valence-corrected chi connectivity index (χ3v) is 3.60. The number of carbonyl (C=O) groups excluding carboxylic acids is 1. The molecule has 0 aliphatic carbocycles. The Bertz CT molecular complexity index is 319. The van der Waals surface area contributed by atoms with Gasteiger partial charge in [0.15, 0.2) is 0 Å². The Hall–Kier alpha value is -0.240. The molecule has 0 aromatic heterocycles. The highest BCUT2D eigenvalue weighted by Gasteiger charge is 2.33. The van der Waals surface area contributed by atoms with E-state index in [1.54, 1.807) is 11.8 Å². The van der Waals surface area contributed by atoms with E-state index in [-0.39, 0.29) is 36.6 Å². The third-order valence-electron chi connectivity index (χ3n) is 3.60. The third kappa shape index (κ3) is 9.02. The molecule has 4 nitrogen and oxygen atoms in total. The highest BCUT2D eigenvalue weighted by Crippen LogP contribution is 2.21. The molecule has 1 fully saturated rings. The van der Waals surface area contributed by atoms with Gasteiger partial charge < -0.3 is 10.6 Å². The maximum Gasteiger partial charge on any atom is 0.401 e. The van der Waals surface area contributed by atoms with Gasteiger partial charge in [0.2, 0.25) is 5.91 Å². The minimum absolute atomic E-state index is 0. The van der Waals surface area contributed by atoms with Crippen molar-refractivity contribution in [2.45, 2.75) is 32.4 Å². The van der Waals surface area contributed by atoms with Gasteiger partial charge in [-0.2, -0.15) is 13.2 Å². The molecule has 9 heteroatoms. The minimum Gasteiger partial charge on any atom is -0.342 e. The summed E-state index contributed by atoms with van der Waals surface area (Å²) in [6.45, 7) is 3.33. The van der Waals surface area contributed by atoms with Gasteiger partial charge in [-0.25, -0.2) is 0 Å². The van der Waals surface area contributed by atoms with Gasteiger partial charge in [0.25, 0.3) is 0 Å². The van der Waals surface area contributed by atoms with Crippen LogP contribution in [0.3, 0.4) is 0 Å². The van der Waals surface area contributed by atoms with Crippen molar-refractivity contribution in [2.24, 2.45) is 11.7 Å². The van der Waals surface area contributed by atoms with Crippen molar-refractivity contribution in [2.75, 3.05) is 39.3 Å². The Kier molecular flexibility index (Phi) is 12.4. The molecule has 134 valence electrons. The number of hydrogen-bond donors (Lipinski definition) is 1. The van der Waals surface area contributed by atoms with E-state index < -0.39 is 12.7 Å². The van der Waals surface area contributed by atoms with Crippen molar-refractivity contribution >= 4 is 30.7 Å². The van der Waals surface area contributed by atoms with Crippen LogP contribution in [0.2, 0.25) is 0 Å². The van der Waals surface area contributed by atoms with Crippen LogP contribution in [0.1, 0.15) is 26.2 Å². The lowest BCUT2D eigenvalue weighted by molar-refractivity contribution is -0.146. The number of halogens is 5. The van der Waals surface area contributed by atoms with Crippen molar-refractivity contribution < 1.29 is 18.0 Å². The van der Waals surface area contributed by atoms with E-state index in [1.807, 2.05) is 0 Å². The molecule has 1 heterocycles. The Balaban J connectivity index is 0. The first kappa shape index (κ1) is 24.0. The molecule has 0 saturated carbocycles. The predicted molar refractivity (Wildman–Crippen MR) is 85.6 cm³/mol. The van der Waals surface area contributed by atoms with Gasteiger partial charge >= 0.3 is 6.18 Å². The molecule has 1 unspecified atom stereocenters. The molecular weight excluding hydrogens is 342 g/mol. The molecule has 2 N–H and O–H groups in total. The average Bonchev–Trinajstić information content (AvgIpc) is 2.82. The summed E-state index contributed by atoms with van der Waals surface area (Å²) in [6.07, 6.45) is -2.29. The molecule has 0 aromatic rings. The van der Waals surface area contributed by atoms with E-state index in [9.17, 15) is 18.0 Å². The van der Waals surface area contributed by atoms with Gasteiger partial charge in [-0.15, -0.1) is 24.8 Å². The molecule has 1 atom stereocenters. The lowest BCUT2D eigenvalue weighted by Crippen LogP contribution is -2.38. The summed E-state index contributed by atoms with van der Waals surface area (Å²) < 4.78 is 37.2. The summed E-state index contributed by atoms with van der Waals surface area (Å²) in [7, 11) is 0. The fourth-order valence-corrected chi connectivity index (χ4v) is 2.54. The minimum atomic E-state index is -4.16. The van der Waals surface area contributed by atoms with Crippen molar-refractivity contribution in [1.82, 2.24) is 9.80 Å². The second-order valence-corrected chi connectivity index (χ2v) is 5.33. The van der Waals surface area contributed by atoms with Gasteiger partial charge in [-0.1, -0.05) is 6.92 Å². The van der Waals surface area contributed by atoms with E-state index in [1.165, 1.54) is 4.90 Å². The van der Waals surface area contributed by atoms with Crippen molar-refractivity contribution in [3.05, 3.63) is 0 Å². The first-order valence-corrected chi connectivity index (χ1v) is 7.12. The maximum atomic E-state index is 12.4. The second kappa shape index (κ2) is 11.3. The largest absolute Gasteiger partial charge is 0.401 e. The molecular formula is C13H26Cl2F3N3O. The van der Waals surface area contributed by atoms with Gasteiger partial charge in [-0.05, 0) is 31.8 Å². The first-order valence-electron chi connectivity index (χ1n) is 7.12. The van der Waals surface area contributed by atoms with Crippen LogP contribution < -0.4 is 5.73 Å². The normalized spacial score (nSPS) is 18.1. The Morgan fingerprint density at radius 3 is 2.50 bits per heavy atom. The van der Waals surface area contributed by atoms with Crippen LogP contribution in [0.4, 0.5) is 13.2 Å². The molecule has 1 aliphatic rings. The lowest BCUT2D eigenvalue weighted by atomic mass is 10.1. The van der Waals surface area contributed by atoms with Gasteiger partial charge in [0.1, 0.15) is 0 Å². The molecule has 1 rings (SSSR count). The summed E-state index contributed by atoms with van der Waals surface area (Å²) in [5.74, 6) is 0.205. The topological polar surface area (TPSA) is 49.6 Å². The molecule has 0 aromatic carbocycles. The summed E-state index contributed by atoms with van der Waals surface area (Å²) >= 11 is 0. The quantitative estimate of drug-likeness (QED) is 0.750. The number of carbonyl (C=O) groups is 1. The zero-order valence-corrected chi connectivity index (χ0v) is 14.4. The molecule has 1 aliphatic heterocycles. The number of nitrogens with two attached hydrogens (primary N) is 1. The van der Waals surface area contributed by atoms with Crippen molar-refractivity contribution in [3.8, 4) is 0 Å². The van der Waals surface area contributed by atoms with Crippen LogP contribution in [0.5, 0.6) is 0 Å². The highest BCUT2D eigenvalue weighted by atomic mass is 35.5. The van der Waals surface area contributed by atoms with Crippen LogP contribution in [-0.2, 0) is 4.79 Å². The Morgan fingerprint density at radius 2 is 2.00 bits per heavy atom. The molecule has 1 amide bonds. The molecule has 0 spiro atoms. The van der Waals surface area contributed by atoms with E-state index in [2.05, 4.69) is 0 Å².